The van der Waals surface area contributed by atoms with E-state index < -0.39 is 28.7 Å². The Balaban J connectivity index is 1.87. The van der Waals surface area contributed by atoms with E-state index in [-0.39, 0.29) is 12.2 Å². The van der Waals surface area contributed by atoms with Gasteiger partial charge in [0.1, 0.15) is 5.82 Å². The average molecular weight is 444 g/mol. The second-order valence-electron chi connectivity index (χ2n) is 7.66. The van der Waals surface area contributed by atoms with Gasteiger partial charge in [-0.15, -0.1) is 0 Å². The zero-order valence-electron chi connectivity index (χ0n) is 18.1. The van der Waals surface area contributed by atoms with Gasteiger partial charge < -0.3 is 5.32 Å². The number of hydrogen-bond donors (Lipinski definition) is 1. The van der Waals surface area contributed by atoms with E-state index in [9.17, 15) is 18.8 Å². The molecule has 0 bridgehead atoms. The van der Waals surface area contributed by atoms with Crippen LogP contribution in [0.2, 0.25) is 0 Å². The lowest BCUT2D eigenvalue weighted by Gasteiger charge is -2.13. The van der Waals surface area contributed by atoms with E-state index in [0.29, 0.717) is 5.69 Å². The van der Waals surface area contributed by atoms with Crippen molar-refractivity contribution in [3.63, 3.8) is 0 Å². The third-order valence-corrected chi connectivity index (χ3v) is 5.19. The predicted molar refractivity (Wildman–Crippen MR) is 123 cm³/mol. The van der Waals surface area contributed by atoms with Gasteiger partial charge in [-0.1, -0.05) is 42.5 Å². The number of anilines is 1. The van der Waals surface area contributed by atoms with Crippen molar-refractivity contribution >= 4 is 11.6 Å². The number of carbonyl (C=O) groups excluding carboxylic acids is 1. The number of rotatable bonds is 5. The number of nitrogens with one attached hydrogen (secondary N) is 1. The van der Waals surface area contributed by atoms with Gasteiger partial charge in [0, 0.05) is 5.69 Å². The fraction of sp³-hybridized carbons (Fsp3) is 0.120. The Bertz CT molecular complexity index is 1470. The van der Waals surface area contributed by atoms with Crippen molar-refractivity contribution in [1.82, 2.24) is 14.3 Å². The van der Waals surface area contributed by atoms with E-state index in [0.717, 1.165) is 32.0 Å². The van der Waals surface area contributed by atoms with Crippen LogP contribution in [0.1, 0.15) is 27.2 Å². The van der Waals surface area contributed by atoms with Gasteiger partial charge in [-0.05, 0) is 60.9 Å². The van der Waals surface area contributed by atoms with Gasteiger partial charge in [-0.2, -0.15) is 9.78 Å². The van der Waals surface area contributed by atoms with E-state index in [1.54, 1.807) is 18.2 Å². The van der Waals surface area contributed by atoms with Crippen molar-refractivity contribution in [3.05, 3.63) is 122 Å². The molecule has 1 aromatic heterocycles. The number of nitrogens with zero attached hydrogens (tertiary/aromatic N) is 3. The van der Waals surface area contributed by atoms with Crippen molar-refractivity contribution in [3.8, 4) is 5.69 Å². The Kier molecular flexibility index (Phi) is 5.99. The van der Waals surface area contributed by atoms with Gasteiger partial charge in [0.2, 0.25) is 5.69 Å². The van der Waals surface area contributed by atoms with Crippen molar-refractivity contribution in [2.75, 3.05) is 5.32 Å². The molecule has 0 unspecified atom stereocenters. The summed E-state index contributed by atoms with van der Waals surface area (Å²) in [5.41, 5.74) is 1.14. The molecule has 0 aliphatic heterocycles. The van der Waals surface area contributed by atoms with Gasteiger partial charge in [0.25, 0.3) is 11.5 Å². The van der Waals surface area contributed by atoms with Gasteiger partial charge in [0.05, 0.1) is 12.2 Å². The summed E-state index contributed by atoms with van der Waals surface area (Å²) >= 11 is 0. The maximum absolute atomic E-state index is 13.5. The summed E-state index contributed by atoms with van der Waals surface area (Å²) in [5.74, 6) is -1.38. The Hall–Kier alpha value is -4.33. The molecule has 0 spiro atoms. The first-order valence-electron chi connectivity index (χ1n) is 10.3. The van der Waals surface area contributed by atoms with Crippen LogP contribution in [0.15, 0.2) is 82.4 Å². The first-order valence-corrected chi connectivity index (χ1v) is 10.3. The standard InChI is InChI=1S/C25H21FN4O3/c1-16-7-5-12-21(13-16)30-25(33)29(15-18-9-4-3-8-17(18)2)24(32)22(28-30)23(31)27-20-11-6-10-19(26)14-20/h3-14H,15H2,1-2H3,(H,27,31). The molecule has 3 aromatic carbocycles. The van der Waals surface area contributed by atoms with Crippen LogP contribution in [0.25, 0.3) is 5.69 Å². The topological polar surface area (TPSA) is 86.0 Å². The molecule has 0 radical (unpaired) electrons. The van der Waals surface area contributed by atoms with E-state index >= 15 is 0 Å². The normalized spacial score (nSPS) is 10.8. The molecule has 33 heavy (non-hydrogen) atoms. The monoisotopic (exact) mass is 444 g/mol. The summed E-state index contributed by atoms with van der Waals surface area (Å²) in [6.07, 6.45) is 0. The summed E-state index contributed by atoms with van der Waals surface area (Å²) in [6, 6.07) is 19.6. The number of halogens is 1. The number of hydrogen-bond acceptors (Lipinski definition) is 4. The minimum absolute atomic E-state index is 0.0288. The van der Waals surface area contributed by atoms with Crippen molar-refractivity contribution in [2.24, 2.45) is 0 Å². The molecule has 1 amide bonds. The van der Waals surface area contributed by atoms with Crippen LogP contribution in [0.5, 0.6) is 0 Å². The number of aryl methyl sites for hydroxylation is 2. The van der Waals surface area contributed by atoms with Crippen LogP contribution < -0.4 is 16.6 Å². The molecule has 8 heteroatoms. The SMILES string of the molecule is Cc1cccc(-n2nc(C(=O)Nc3cccc(F)c3)c(=O)n(Cc3ccccc3C)c2=O)c1. The van der Waals surface area contributed by atoms with Crippen LogP contribution in [-0.2, 0) is 6.54 Å². The van der Waals surface area contributed by atoms with Crippen LogP contribution in [-0.4, -0.2) is 20.3 Å². The molecule has 1 N–H and O–H groups in total. The third kappa shape index (κ3) is 4.64. The fourth-order valence-corrected chi connectivity index (χ4v) is 3.44. The molecule has 0 saturated carbocycles. The van der Waals surface area contributed by atoms with Gasteiger partial charge in [-0.3, -0.25) is 14.2 Å². The van der Waals surface area contributed by atoms with E-state index in [1.165, 1.54) is 18.2 Å². The highest BCUT2D eigenvalue weighted by Crippen LogP contribution is 2.12. The lowest BCUT2D eigenvalue weighted by Crippen LogP contribution is -2.45. The van der Waals surface area contributed by atoms with Crippen LogP contribution in [0.4, 0.5) is 10.1 Å². The number of amides is 1. The lowest BCUT2D eigenvalue weighted by molar-refractivity contribution is 0.101. The zero-order chi connectivity index (χ0) is 23.5. The van der Waals surface area contributed by atoms with Gasteiger partial charge in [-0.25, -0.2) is 9.18 Å². The first-order chi connectivity index (χ1) is 15.8. The Labute approximate surface area is 188 Å². The van der Waals surface area contributed by atoms with Crippen LogP contribution in [0.3, 0.4) is 0 Å². The molecule has 166 valence electrons. The second kappa shape index (κ2) is 9.04. The number of benzene rings is 3. The number of aromatic nitrogens is 3. The molecule has 0 aliphatic rings. The summed E-state index contributed by atoms with van der Waals surface area (Å²) in [5, 5.41) is 6.57. The minimum Gasteiger partial charge on any atom is -0.320 e. The van der Waals surface area contributed by atoms with E-state index in [2.05, 4.69) is 10.4 Å². The molecule has 7 nitrogen and oxygen atoms in total. The maximum Gasteiger partial charge on any atom is 0.352 e. The highest BCUT2D eigenvalue weighted by Gasteiger charge is 2.21. The van der Waals surface area contributed by atoms with Crippen LogP contribution >= 0.6 is 0 Å². The van der Waals surface area contributed by atoms with Crippen molar-refractivity contribution < 1.29 is 9.18 Å². The molecule has 0 fully saturated rings. The zero-order valence-corrected chi connectivity index (χ0v) is 18.1. The molecule has 1 heterocycles. The summed E-state index contributed by atoms with van der Waals surface area (Å²) in [7, 11) is 0. The van der Waals surface area contributed by atoms with E-state index in [4.69, 9.17) is 0 Å². The van der Waals surface area contributed by atoms with Crippen molar-refractivity contribution in [2.45, 2.75) is 20.4 Å². The van der Waals surface area contributed by atoms with Crippen LogP contribution in [0, 0.1) is 19.7 Å². The Morgan fingerprint density at radius 3 is 2.45 bits per heavy atom. The minimum atomic E-state index is -0.842. The highest BCUT2D eigenvalue weighted by atomic mass is 19.1. The summed E-state index contributed by atoms with van der Waals surface area (Å²) in [4.78, 5) is 39.4. The lowest BCUT2D eigenvalue weighted by atomic mass is 10.1. The van der Waals surface area contributed by atoms with E-state index in [1.807, 2.05) is 44.2 Å². The Morgan fingerprint density at radius 1 is 0.970 bits per heavy atom. The first kappa shape index (κ1) is 21.9. The quantitative estimate of drug-likeness (QED) is 0.511. The maximum atomic E-state index is 13.5. The molecule has 0 saturated heterocycles. The predicted octanol–water partition coefficient (Wildman–Crippen LogP) is 3.45. The molecule has 0 atom stereocenters. The van der Waals surface area contributed by atoms with Gasteiger partial charge >= 0.3 is 5.69 Å². The summed E-state index contributed by atoms with van der Waals surface area (Å²) in [6.45, 7) is 3.70. The fourth-order valence-electron chi connectivity index (χ4n) is 3.44. The smallest absolute Gasteiger partial charge is 0.320 e. The van der Waals surface area contributed by atoms with Crippen molar-refractivity contribution in [1.29, 1.82) is 0 Å². The number of carbonyl (C=O) groups is 1. The molecule has 0 aliphatic carbocycles. The molecule has 4 aromatic rings. The molecule has 4 rings (SSSR count). The third-order valence-electron chi connectivity index (χ3n) is 5.19. The molecular weight excluding hydrogens is 423 g/mol. The second-order valence-corrected chi connectivity index (χ2v) is 7.66. The highest BCUT2D eigenvalue weighted by molar-refractivity contribution is 6.02. The average Bonchev–Trinajstić information content (AvgIpc) is 2.78. The Morgan fingerprint density at radius 2 is 1.73 bits per heavy atom. The van der Waals surface area contributed by atoms with Gasteiger partial charge in [0.15, 0.2) is 0 Å². The molecular formula is C25H21FN4O3. The largest absolute Gasteiger partial charge is 0.352 e. The summed E-state index contributed by atoms with van der Waals surface area (Å²) < 4.78 is 15.6.